The normalized spacial score (nSPS) is 28.2. The summed E-state index contributed by atoms with van der Waals surface area (Å²) in [6, 6.07) is 0.133. The second kappa shape index (κ2) is 4.35. The van der Waals surface area contributed by atoms with Crippen molar-refractivity contribution in [2.24, 2.45) is 0 Å². The van der Waals surface area contributed by atoms with E-state index in [-0.39, 0.29) is 17.9 Å². The molecule has 1 fully saturated rings. The van der Waals surface area contributed by atoms with Gasteiger partial charge >= 0.3 is 0 Å². The van der Waals surface area contributed by atoms with Crippen LogP contribution >= 0.6 is 0 Å². The SMILES string of the molecule is CC(C)S(=O)N1CCCC1CO. The molecule has 1 N–H and O–H groups in total. The Morgan fingerprint density at radius 1 is 1.67 bits per heavy atom. The summed E-state index contributed by atoms with van der Waals surface area (Å²) >= 11 is 0. The molecule has 0 saturated carbocycles. The Morgan fingerprint density at radius 3 is 2.83 bits per heavy atom. The largest absolute Gasteiger partial charge is 0.395 e. The molecule has 0 bridgehead atoms. The molecule has 0 aromatic heterocycles. The molecule has 0 spiro atoms. The Labute approximate surface area is 76.4 Å². The Bertz CT molecular complexity index is 172. The lowest BCUT2D eigenvalue weighted by Crippen LogP contribution is -2.37. The van der Waals surface area contributed by atoms with Gasteiger partial charge in [-0.25, -0.2) is 8.51 Å². The third-order valence-corrected chi connectivity index (χ3v) is 3.92. The van der Waals surface area contributed by atoms with Crippen molar-refractivity contribution in [2.75, 3.05) is 13.2 Å². The Kier molecular flexibility index (Phi) is 3.68. The summed E-state index contributed by atoms with van der Waals surface area (Å²) in [5, 5.41) is 9.16. The van der Waals surface area contributed by atoms with Crippen LogP contribution in [0.4, 0.5) is 0 Å². The smallest absolute Gasteiger partial charge is 0.0972 e. The van der Waals surface area contributed by atoms with E-state index in [9.17, 15) is 4.21 Å². The first-order valence-corrected chi connectivity index (χ1v) is 5.62. The van der Waals surface area contributed by atoms with Crippen LogP contribution in [0, 0.1) is 0 Å². The first-order valence-electron chi connectivity index (χ1n) is 4.45. The molecular formula is C8H17NO2S. The van der Waals surface area contributed by atoms with E-state index in [0.29, 0.717) is 0 Å². The van der Waals surface area contributed by atoms with Gasteiger partial charge in [0.2, 0.25) is 0 Å². The maximum atomic E-state index is 11.6. The van der Waals surface area contributed by atoms with Gasteiger partial charge in [0.15, 0.2) is 0 Å². The lowest BCUT2D eigenvalue weighted by molar-refractivity contribution is 0.217. The summed E-state index contributed by atoms with van der Waals surface area (Å²) < 4.78 is 13.6. The van der Waals surface area contributed by atoms with Crippen LogP contribution in [0.15, 0.2) is 0 Å². The number of aliphatic hydroxyl groups is 1. The van der Waals surface area contributed by atoms with E-state index < -0.39 is 11.0 Å². The van der Waals surface area contributed by atoms with Gasteiger partial charge in [-0.05, 0) is 26.7 Å². The molecule has 1 rings (SSSR count). The quantitative estimate of drug-likeness (QED) is 0.706. The van der Waals surface area contributed by atoms with Crippen LogP contribution in [0.1, 0.15) is 26.7 Å². The number of rotatable bonds is 3. The van der Waals surface area contributed by atoms with Crippen LogP contribution in [0.25, 0.3) is 0 Å². The van der Waals surface area contributed by atoms with E-state index in [1.807, 2.05) is 18.2 Å². The van der Waals surface area contributed by atoms with Crippen molar-refractivity contribution < 1.29 is 9.32 Å². The van der Waals surface area contributed by atoms with Crippen molar-refractivity contribution in [2.45, 2.75) is 38.0 Å². The van der Waals surface area contributed by atoms with E-state index in [1.54, 1.807) is 0 Å². The summed E-state index contributed by atoms with van der Waals surface area (Å²) in [7, 11) is -0.904. The second-order valence-electron chi connectivity index (χ2n) is 3.44. The Hall–Kier alpha value is 0.0700. The maximum absolute atomic E-state index is 11.6. The average molecular weight is 191 g/mol. The minimum atomic E-state index is -0.904. The third-order valence-electron chi connectivity index (χ3n) is 2.17. The van der Waals surface area contributed by atoms with Crippen molar-refractivity contribution in [3.63, 3.8) is 0 Å². The molecular weight excluding hydrogens is 174 g/mol. The fraction of sp³-hybridized carbons (Fsp3) is 1.00. The second-order valence-corrected chi connectivity index (χ2v) is 5.41. The van der Waals surface area contributed by atoms with Gasteiger partial charge in [0.1, 0.15) is 0 Å². The fourth-order valence-electron chi connectivity index (χ4n) is 1.50. The molecule has 0 radical (unpaired) electrons. The highest BCUT2D eigenvalue weighted by Gasteiger charge is 2.29. The lowest BCUT2D eigenvalue weighted by atomic mass is 10.2. The molecule has 3 nitrogen and oxygen atoms in total. The molecule has 12 heavy (non-hydrogen) atoms. The predicted octanol–water partition coefficient (Wildman–Crippen LogP) is 0.515. The molecule has 0 aliphatic carbocycles. The Morgan fingerprint density at radius 2 is 2.33 bits per heavy atom. The van der Waals surface area contributed by atoms with Crippen LogP contribution in [0.2, 0.25) is 0 Å². The lowest BCUT2D eigenvalue weighted by Gasteiger charge is -2.23. The molecule has 2 atom stereocenters. The minimum absolute atomic E-state index is 0.133. The van der Waals surface area contributed by atoms with Crippen LogP contribution in [-0.2, 0) is 11.0 Å². The van der Waals surface area contributed by atoms with Crippen LogP contribution in [-0.4, -0.2) is 38.1 Å². The minimum Gasteiger partial charge on any atom is -0.395 e. The predicted molar refractivity (Wildman–Crippen MR) is 50.1 cm³/mol. The van der Waals surface area contributed by atoms with Gasteiger partial charge in [-0.1, -0.05) is 0 Å². The zero-order valence-electron chi connectivity index (χ0n) is 7.69. The average Bonchev–Trinajstić information content (AvgIpc) is 2.49. The van der Waals surface area contributed by atoms with E-state index in [1.165, 1.54) is 0 Å². The van der Waals surface area contributed by atoms with Crippen LogP contribution < -0.4 is 0 Å². The summed E-state index contributed by atoms with van der Waals surface area (Å²) in [5.74, 6) is 0. The number of nitrogens with zero attached hydrogens (tertiary/aromatic N) is 1. The highest BCUT2D eigenvalue weighted by molar-refractivity contribution is 7.83. The molecule has 2 unspecified atom stereocenters. The number of aliphatic hydroxyl groups excluding tert-OH is 1. The summed E-state index contributed by atoms with van der Waals surface area (Å²) in [4.78, 5) is 0. The third kappa shape index (κ3) is 2.06. The summed E-state index contributed by atoms with van der Waals surface area (Å²) in [6.45, 7) is 4.90. The van der Waals surface area contributed by atoms with E-state index in [0.717, 1.165) is 19.4 Å². The first-order chi connectivity index (χ1) is 5.66. The van der Waals surface area contributed by atoms with E-state index in [4.69, 9.17) is 5.11 Å². The zero-order valence-corrected chi connectivity index (χ0v) is 8.51. The molecule has 1 aliphatic heterocycles. The maximum Gasteiger partial charge on any atom is 0.0972 e. The standard InChI is InChI=1S/C8H17NO2S/c1-7(2)12(11)9-5-3-4-8(9)6-10/h7-8,10H,3-6H2,1-2H3. The number of hydrogen-bond donors (Lipinski definition) is 1. The van der Waals surface area contributed by atoms with Crippen LogP contribution in [0.5, 0.6) is 0 Å². The van der Waals surface area contributed by atoms with Crippen molar-refractivity contribution in [1.29, 1.82) is 0 Å². The molecule has 72 valence electrons. The highest BCUT2D eigenvalue weighted by Crippen LogP contribution is 2.20. The van der Waals surface area contributed by atoms with Gasteiger partial charge in [-0.2, -0.15) is 0 Å². The topological polar surface area (TPSA) is 40.5 Å². The molecule has 1 aliphatic rings. The van der Waals surface area contributed by atoms with E-state index in [2.05, 4.69) is 0 Å². The molecule has 1 saturated heterocycles. The van der Waals surface area contributed by atoms with Crippen molar-refractivity contribution in [1.82, 2.24) is 4.31 Å². The van der Waals surface area contributed by atoms with E-state index >= 15 is 0 Å². The monoisotopic (exact) mass is 191 g/mol. The van der Waals surface area contributed by atoms with Gasteiger partial charge in [0.25, 0.3) is 0 Å². The Balaban J connectivity index is 2.55. The zero-order chi connectivity index (χ0) is 9.14. The molecule has 0 aromatic rings. The van der Waals surface area contributed by atoms with Crippen LogP contribution in [0.3, 0.4) is 0 Å². The molecule has 1 heterocycles. The fourth-order valence-corrected chi connectivity index (χ4v) is 2.82. The molecule has 4 heteroatoms. The van der Waals surface area contributed by atoms with Gasteiger partial charge < -0.3 is 5.11 Å². The first kappa shape index (κ1) is 10.2. The van der Waals surface area contributed by atoms with Crippen molar-refractivity contribution >= 4 is 11.0 Å². The van der Waals surface area contributed by atoms with Gasteiger partial charge in [0, 0.05) is 17.8 Å². The van der Waals surface area contributed by atoms with Gasteiger partial charge in [-0.15, -0.1) is 0 Å². The van der Waals surface area contributed by atoms with Gasteiger partial charge in [0.05, 0.1) is 17.6 Å². The molecule has 0 amide bonds. The van der Waals surface area contributed by atoms with Gasteiger partial charge in [-0.3, -0.25) is 0 Å². The summed E-state index contributed by atoms with van der Waals surface area (Å²) in [6.07, 6.45) is 2.04. The number of hydrogen-bond acceptors (Lipinski definition) is 2. The van der Waals surface area contributed by atoms with Crippen molar-refractivity contribution in [3.8, 4) is 0 Å². The molecule has 0 aromatic carbocycles. The summed E-state index contributed by atoms with van der Waals surface area (Å²) in [5.41, 5.74) is 0. The highest BCUT2D eigenvalue weighted by atomic mass is 32.2. The van der Waals surface area contributed by atoms with Crippen molar-refractivity contribution in [3.05, 3.63) is 0 Å².